The van der Waals surface area contributed by atoms with Crippen LogP contribution in [0, 0.1) is 12.7 Å². The first-order chi connectivity index (χ1) is 13.6. The van der Waals surface area contributed by atoms with Crippen molar-refractivity contribution in [3.63, 3.8) is 0 Å². The zero-order chi connectivity index (χ0) is 19.5. The number of rotatable bonds is 6. The van der Waals surface area contributed by atoms with Gasteiger partial charge in [-0.05, 0) is 42.5 Å². The van der Waals surface area contributed by atoms with Crippen molar-refractivity contribution in [1.82, 2.24) is 20.1 Å². The predicted molar refractivity (Wildman–Crippen MR) is 105 cm³/mol. The third-order valence-corrected chi connectivity index (χ3v) is 4.85. The van der Waals surface area contributed by atoms with Crippen LogP contribution in [0.25, 0.3) is 22.4 Å². The molecule has 28 heavy (non-hydrogen) atoms. The van der Waals surface area contributed by atoms with Crippen LogP contribution in [0.15, 0.2) is 47.0 Å². The number of aromatic nitrogens is 4. The highest BCUT2D eigenvalue weighted by atomic mass is 32.2. The highest BCUT2D eigenvalue weighted by Gasteiger charge is 2.09. The molecule has 9 heteroatoms. The van der Waals surface area contributed by atoms with Gasteiger partial charge in [0.25, 0.3) is 0 Å². The van der Waals surface area contributed by atoms with E-state index in [4.69, 9.17) is 4.52 Å². The number of amides is 1. The van der Waals surface area contributed by atoms with Crippen molar-refractivity contribution in [2.75, 3.05) is 11.1 Å². The largest absolute Gasteiger partial charge is 0.340 e. The molecule has 2 heterocycles. The Labute approximate surface area is 163 Å². The molecule has 0 atom stereocenters. The molecule has 0 aliphatic carbocycles. The van der Waals surface area contributed by atoms with Crippen molar-refractivity contribution in [3.8, 4) is 11.4 Å². The van der Waals surface area contributed by atoms with Gasteiger partial charge in [0.05, 0.1) is 22.5 Å². The Morgan fingerprint density at radius 1 is 1.21 bits per heavy atom. The first-order valence-electron chi connectivity index (χ1n) is 8.49. The van der Waals surface area contributed by atoms with E-state index < -0.39 is 0 Å². The van der Waals surface area contributed by atoms with Gasteiger partial charge >= 0.3 is 0 Å². The number of nitrogens with zero attached hydrogens (tertiary/aromatic N) is 3. The molecule has 2 aromatic carbocycles. The molecular weight excluding hydrogens is 381 g/mol. The molecule has 0 aliphatic heterocycles. The van der Waals surface area contributed by atoms with E-state index in [1.807, 2.05) is 12.1 Å². The Morgan fingerprint density at radius 2 is 2.04 bits per heavy atom. The highest BCUT2D eigenvalue weighted by Crippen LogP contribution is 2.23. The number of carbonyl (C=O) groups is 1. The van der Waals surface area contributed by atoms with Crippen molar-refractivity contribution >= 4 is 34.4 Å². The fraction of sp³-hybridized carbons (Fsp3) is 0.158. The number of hydrogen-bond donors (Lipinski definition) is 2. The zero-order valence-electron chi connectivity index (χ0n) is 14.9. The Morgan fingerprint density at radius 3 is 2.79 bits per heavy atom. The second kappa shape index (κ2) is 7.81. The maximum absolute atomic E-state index is 13.1. The lowest BCUT2D eigenvalue weighted by atomic mass is 10.2. The van der Waals surface area contributed by atoms with Crippen LogP contribution in [0.4, 0.5) is 10.1 Å². The maximum atomic E-state index is 13.1. The molecule has 7 nitrogen and oxygen atoms in total. The van der Waals surface area contributed by atoms with E-state index in [0.29, 0.717) is 29.0 Å². The molecular formula is C19H16FN5O2S. The van der Waals surface area contributed by atoms with Gasteiger partial charge in [-0.15, -0.1) is 11.8 Å². The molecule has 0 unspecified atom stereocenters. The first kappa shape index (κ1) is 18.2. The molecule has 4 aromatic rings. The van der Waals surface area contributed by atoms with Crippen LogP contribution >= 0.6 is 11.8 Å². The maximum Gasteiger partial charge on any atom is 0.234 e. The van der Waals surface area contributed by atoms with Gasteiger partial charge in [-0.25, -0.2) is 9.37 Å². The molecule has 0 fully saturated rings. The minimum Gasteiger partial charge on any atom is -0.340 e. The van der Waals surface area contributed by atoms with Crippen molar-refractivity contribution in [3.05, 3.63) is 60.0 Å². The van der Waals surface area contributed by atoms with Crippen molar-refractivity contribution in [2.24, 2.45) is 0 Å². The van der Waals surface area contributed by atoms with Gasteiger partial charge in [0.2, 0.25) is 11.8 Å². The van der Waals surface area contributed by atoms with Crippen LogP contribution in [0.3, 0.4) is 0 Å². The number of nitrogens with one attached hydrogen (secondary N) is 2. The fourth-order valence-electron chi connectivity index (χ4n) is 2.66. The van der Waals surface area contributed by atoms with E-state index in [1.54, 1.807) is 25.1 Å². The number of anilines is 1. The summed E-state index contributed by atoms with van der Waals surface area (Å²) in [5.74, 6) is 2.08. The van der Waals surface area contributed by atoms with Crippen LogP contribution in [0.5, 0.6) is 0 Å². The molecule has 0 saturated heterocycles. The van der Waals surface area contributed by atoms with E-state index in [9.17, 15) is 9.18 Å². The average Bonchev–Trinajstić information content (AvgIpc) is 3.28. The smallest absolute Gasteiger partial charge is 0.234 e. The second-order valence-electron chi connectivity index (χ2n) is 6.09. The van der Waals surface area contributed by atoms with E-state index in [-0.39, 0.29) is 17.5 Å². The first-order valence-corrected chi connectivity index (χ1v) is 9.65. The number of aryl methyl sites for hydroxylation is 1. The van der Waals surface area contributed by atoms with Crippen LogP contribution in [-0.4, -0.2) is 31.8 Å². The molecule has 0 radical (unpaired) electrons. The van der Waals surface area contributed by atoms with Gasteiger partial charge < -0.3 is 14.8 Å². The number of fused-ring (bicyclic) bond motifs is 1. The summed E-state index contributed by atoms with van der Waals surface area (Å²) in [5, 5.41) is 6.65. The lowest BCUT2D eigenvalue weighted by Crippen LogP contribution is -2.14. The topological polar surface area (TPSA) is 96.7 Å². The summed E-state index contributed by atoms with van der Waals surface area (Å²) in [7, 11) is 0. The van der Waals surface area contributed by atoms with E-state index >= 15 is 0 Å². The molecule has 2 aromatic heterocycles. The van der Waals surface area contributed by atoms with Gasteiger partial charge in [-0.1, -0.05) is 5.16 Å². The van der Waals surface area contributed by atoms with Crippen molar-refractivity contribution < 1.29 is 13.7 Å². The lowest BCUT2D eigenvalue weighted by molar-refractivity contribution is -0.113. The molecule has 4 rings (SSSR count). The minimum atomic E-state index is -0.294. The number of H-pyrrole nitrogens is 1. The monoisotopic (exact) mass is 397 g/mol. The number of aromatic amines is 1. The lowest BCUT2D eigenvalue weighted by Gasteiger charge is -2.04. The molecule has 0 spiro atoms. The standard InChI is InChI=1S/C19H16FN5O2S/c1-11-21-17(25-27-11)9-28-10-18(26)22-14-6-7-15-16(8-14)24-19(23-15)12-2-4-13(20)5-3-12/h2-8H,9-10H2,1H3,(H,22,26)(H,23,24). The number of thioether (sulfide) groups is 1. The molecule has 0 aliphatic rings. The van der Waals surface area contributed by atoms with E-state index in [1.165, 1.54) is 23.9 Å². The van der Waals surface area contributed by atoms with Gasteiger partial charge in [-0.2, -0.15) is 4.98 Å². The fourth-order valence-corrected chi connectivity index (χ4v) is 3.32. The Bertz CT molecular complexity index is 1120. The molecule has 2 N–H and O–H groups in total. The summed E-state index contributed by atoms with van der Waals surface area (Å²) < 4.78 is 18.0. The molecule has 0 saturated carbocycles. The molecule has 1 amide bonds. The third kappa shape index (κ3) is 4.20. The Kier molecular flexibility index (Phi) is 5.07. The summed E-state index contributed by atoms with van der Waals surface area (Å²) >= 11 is 1.41. The van der Waals surface area contributed by atoms with Crippen molar-refractivity contribution in [1.29, 1.82) is 0 Å². The van der Waals surface area contributed by atoms with Gasteiger partial charge in [0, 0.05) is 18.2 Å². The Hall–Kier alpha value is -3.20. The minimum absolute atomic E-state index is 0.122. The molecule has 142 valence electrons. The summed E-state index contributed by atoms with van der Waals surface area (Å²) in [6.07, 6.45) is 0. The van der Waals surface area contributed by atoms with Crippen LogP contribution in [0.2, 0.25) is 0 Å². The van der Waals surface area contributed by atoms with Crippen LogP contribution < -0.4 is 5.32 Å². The SMILES string of the molecule is Cc1nc(CSCC(=O)Nc2ccc3nc(-c4ccc(F)cc4)[nH]c3c2)no1. The molecule has 0 bridgehead atoms. The average molecular weight is 397 g/mol. The highest BCUT2D eigenvalue weighted by molar-refractivity contribution is 7.99. The van der Waals surface area contributed by atoms with Crippen molar-refractivity contribution in [2.45, 2.75) is 12.7 Å². The van der Waals surface area contributed by atoms with Gasteiger partial charge in [0.15, 0.2) is 5.82 Å². The summed E-state index contributed by atoms with van der Waals surface area (Å²) in [6.45, 7) is 1.72. The zero-order valence-corrected chi connectivity index (χ0v) is 15.7. The van der Waals surface area contributed by atoms with E-state index in [0.717, 1.165) is 16.6 Å². The summed E-state index contributed by atoms with van der Waals surface area (Å²) in [4.78, 5) is 23.9. The summed E-state index contributed by atoms with van der Waals surface area (Å²) in [6, 6.07) is 11.5. The van der Waals surface area contributed by atoms with E-state index in [2.05, 4.69) is 25.4 Å². The summed E-state index contributed by atoms with van der Waals surface area (Å²) in [5.41, 5.74) is 3.00. The Balaban J connectivity index is 1.39. The van der Waals surface area contributed by atoms with Crippen LogP contribution in [0.1, 0.15) is 11.7 Å². The number of imidazole rings is 1. The second-order valence-corrected chi connectivity index (χ2v) is 7.08. The third-order valence-electron chi connectivity index (χ3n) is 3.92. The number of halogens is 1. The number of benzene rings is 2. The van der Waals surface area contributed by atoms with Gasteiger partial charge in [-0.3, -0.25) is 4.79 Å². The predicted octanol–water partition coefficient (Wildman–Crippen LogP) is 3.93. The van der Waals surface area contributed by atoms with Gasteiger partial charge in [0.1, 0.15) is 11.6 Å². The normalized spacial score (nSPS) is 11.1. The number of hydrogen-bond acceptors (Lipinski definition) is 6. The quantitative estimate of drug-likeness (QED) is 0.512. The number of carbonyl (C=O) groups excluding carboxylic acids is 1. The van der Waals surface area contributed by atoms with Crippen LogP contribution in [-0.2, 0) is 10.5 Å².